The number of nitrogens with one attached hydrogen (secondary N) is 2. The fraction of sp³-hybridized carbons (Fsp3) is 0.400. The van der Waals surface area contributed by atoms with E-state index < -0.39 is 20.2 Å². The van der Waals surface area contributed by atoms with Gasteiger partial charge in [-0.3, -0.25) is 9.11 Å². The van der Waals surface area contributed by atoms with E-state index in [1.54, 1.807) is 6.07 Å². The van der Waals surface area contributed by atoms with Crippen molar-refractivity contribution in [2.24, 2.45) is 0 Å². The van der Waals surface area contributed by atoms with E-state index in [4.69, 9.17) is 4.55 Å². The van der Waals surface area contributed by atoms with Crippen molar-refractivity contribution < 1.29 is 25.9 Å². The number of benzene rings is 1. The summed E-state index contributed by atoms with van der Waals surface area (Å²) in [6.07, 6.45) is 0.219. The van der Waals surface area contributed by atoms with Crippen LogP contribution in [0.1, 0.15) is 19.2 Å². The van der Waals surface area contributed by atoms with Gasteiger partial charge < -0.3 is 10.6 Å². The number of rotatable bonds is 11. The Kier molecular flexibility index (Phi) is 8.30. The van der Waals surface area contributed by atoms with Crippen LogP contribution in [0.4, 0.5) is 11.6 Å². The van der Waals surface area contributed by atoms with Crippen molar-refractivity contribution in [3.8, 4) is 0 Å². The predicted molar refractivity (Wildman–Crippen MR) is 109 cm³/mol. The monoisotopic (exact) mass is 463 g/mol. The van der Waals surface area contributed by atoms with Gasteiger partial charge in [0.2, 0.25) is 5.95 Å². The molecule has 0 spiro atoms. The van der Waals surface area contributed by atoms with E-state index in [2.05, 4.69) is 25.6 Å². The third kappa shape index (κ3) is 8.59. The van der Waals surface area contributed by atoms with Crippen molar-refractivity contribution in [1.29, 1.82) is 0 Å². The maximum Gasteiger partial charge on any atom is 0.294 e. The van der Waals surface area contributed by atoms with Crippen LogP contribution in [-0.2, 0) is 26.8 Å². The van der Waals surface area contributed by atoms with Gasteiger partial charge in [0.15, 0.2) is 5.16 Å². The largest absolute Gasteiger partial charge is 0.324 e. The molecule has 0 radical (unpaired) electrons. The van der Waals surface area contributed by atoms with Gasteiger partial charge in [-0.05, 0) is 31.2 Å². The topological polar surface area (TPSA) is 171 Å². The zero-order chi connectivity index (χ0) is 21.5. The van der Waals surface area contributed by atoms with Crippen LogP contribution >= 0.6 is 11.8 Å². The van der Waals surface area contributed by atoms with E-state index in [0.717, 1.165) is 0 Å². The van der Waals surface area contributed by atoms with Gasteiger partial charge in [0.25, 0.3) is 20.2 Å². The molecule has 29 heavy (non-hydrogen) atoms. The van der Waals surface area contributed by atoms with Crippen molar-refractivity contribution >= 4 is 43.6 Å². The van der Waals surface area contributed by atoms with Crippen LogP contribution in [0.3, 0.4) is 0 Å². The van der Waals surface area contributed by atoms with Gasteiger partial charge in [0, 0.05) is 11.4 Å². The lowest BCUT2D eigenvalue weighted by Gasteiger charge is -2.10. The third-order valence-corrected chi connectivity index (χ3v) is 5.95. The fourth-order valence-electron chi connectivity index (χ4n) is 2.10. The van der Waals surface area contributed by atoms with Crippen LogP contribution < -0.4 is 10.6 Å². The quantitative estimate of drug-likeness (QED) is 0.214. The first-order chi connectivity index (χ1) is 13.6. The van der Waals surface area contributed by atoms with E-state index in [-0.39, 0.29) is 23.0 Å². The number of hydrogen-bond acceptors (Lipinski definition) is 10. The van der Waals surface area contributed by atoms with E-state index in [0.29, 0.717) is 35.5 Å². The molecule has 14 heteroatoms. The van der Waals surface area contributed by atoms with Crippen LogP contribution in [0, 0.1) is 0 Å². The first kappa shape index (κ1) is 23.4. The second-order valence-electron chi connectivity index (χ2n) is 5.75. The summed E-state index contributed by atoms with van der Waals surface area (Å²) in [5.74, 6) is 0.607. The van der Waals surface area contributed by atoms with E-state index in [9.17, 15) is 21.4 Å². The minimum absolute atomic E-state index is 0.165. The number of thioether (sulfide) groups is 1. The summed E-state index contributed by atoms with van der Waals surface area (Å²) in [7, 11) is -8.37. The highest BCUT2D eigenvalue weighted by atomic mass is 32.2. The molecule has 0 aliphatic heterocycles. The van der Waals surface area contributed by atoms with Gasteiger partial charge in [0.1, 0.15) is 5.82 Å². The Hall–Kier alpha value is -1.84. The number of anilines is 2. The molecule has 0 aliphatic rings. The van der Waals surface area contributed by atoms with Crippen LogP contribution in [-0.4, -0.2) is 58.9 Å². The average Bonchev–Trinajstić information content (AvgIpc) is 2.62. The summed E-state index contributed by atoms with van der Waals surface area (Å²) < 4.78 is 62.1. The molecule has 1 heterocycles. The molecule has 0 atom stereocenters. The van der Waals surface area contributed by atoms with Crippen LogP contribution in [0.15, 0.2) is 34.3 Å². The first-order valence-corrected chi connectivity index (χ1v) is 12.5. The maximum atomic E-state index is 11.3. The van der Waals surface area contributed by atoms with Crippen LogP contribution in [0.5, 0.6) is 0 Å². The van der Waals surface area contributed by atoms with E-state index in [1.807, 2.05) is 6.92 Å². The molecule has 0 unspecified atom stereocenters. The Morgan fingerprint density at radius 2 is 1.86 bits per heavy atom. The van der Waals surface area contributed by atoms with Crippen molar-refractivity contribution in [3.05, 3.63) is 30.1 Å². The second-order valence-corrected chi connectivity index (χ2v) is 9.81. The Morgan fingerprint density at radius 3 is 2.52 bits per heavy atom. The molecular formula is C15H21N5O6S3. The summed E-state index contributed by atoms with van der Waals surface area (Å²) in [6, 6.07) is 5.53. The lowest BCUT2D eigenvalue weighted by molar-refractivity contribution is 0.480. The molecular weight excluding hydrogens is 442 g/mol. The van der Waals surface area contributed by atoms with Gasteiger partial charge in [-0.25, -0.2) is 4.98 Å². The summed E-state index contributed by atoms with van der Waals surface area (Å²) in [4.78, 5) is 12.5. The number of nitrogens with zero attached hydrogens (tertiary/aromatic N) is 3. The Morgan fingerprint density at radius 1 is 1.10 bits per heavy atom. The summed E-state index contributed by atoms with van der Waals surface area (Å²) in [5.41, 5.74) is 0.350. The minimum Gasteiger partial charge on any atom is -0.324 e. The summed E-state index contributed by atoms with van der Waals surface area (Å²) in [6.45, 7) is 2.99. The Labute approximate surface area is 173 Å². The smallest absolute Gasteiger partial charge is 0.294 e. The molecule has 2 rings (SSSR count). The molecule has 0 saturated carbocycles. The summed E-state index contributed by atoms with van der Waals surface area (Å²) in [5, 5.41) is 6.30. The Balaban J connectivity index is 2.19. The SMILES string of the molecule is CCNCc1nc(Nc2cccc(S(=O)(=O)O)c2)nc(SCCCS(=O)(=O)O)n1. The molecule has 0 fully saturated rings. The van der Waals surface area contributed by atoms with Gasteiger partial charge in [-0.2, -0.15) is 26.8 Å². The molecule has 0 bridgehead atoms. The molecule has 11 nitrogen and oxygen atoms in total. The van der Waals surface area contributed by atoms with Crippen LogP contribution in [0.25, 0.3) is 0 Å². The highest BCUT2D eigenvalue weighted by Crippen LogP contribution is 2.21. The molecule has 160 valence electrons. The Bertz CT molecular complexity index is 1050. The minimum atomic E-state index is -4.35. The number of hydrogen-bond donors (Lipinski definition) is 4. The maximum absolute atomic E-state index is 11.3. The van der Waals surface area contributed by atoms with E-state index in [1.165, 1.54) is 30.0 Å². The average molecular weight is 464 g/mol. The van der Waals surface area contributed by atoms with Crippen molar-refractivity contribution in [1.82, 2.24) is 20.3 Å². The van der Waals surface area contributed by atoms with Crippen molar-refractivity contribution in [2.45, 2.75) is 29.9 Å². The van der Waals surface area contributed by atoms with Crippen LogP contribution in [0.2, 0.25) is 0 Å². The summed E-state index contributed by atoms with van der Waals surface area (Å²) >= 11 is 1.20. The van der Waals surface area contributed by atoms with Gasteiger partial charge in [0.05, 0.1) is 17.2 Å². The van der Waals surface area contributed by atoms with Crippen molar-refractivity contribution in [2.75, 3.05) is 23.4 Å². The molecule has 1 aromatic heterocycles. The van der Waals surface area contributed by atoms with Gasteiger partial charge >= 0.3 is 0 Å². The predicted octanol–water partition coefficient (Wildman–Crippen LogP) is 1.34. The van der Waals surface area contributed by atoms with E-state index >= 15 is 0 Å². The highest BCUT2D eigenvalue weighted by molar-refractivity contribution is 7.99. The lowest BCUT2D eigenvalue weighted by atomic mass is 10.3. The van der Waals surface area contributed by atoms with Gasteiger partial charge in [-0.15, -0.1) is 0 Å². The standard InChI is InChI=1S/C15H21N5O6S3/c1-2-16-10-13-18-14(17-11-5-3-6-12(9-11)29(24,25)26)20-15(19-13)27-7-4-8-28(21,22)23/h3,5-6,9,16H,2,4,7-8,10H2,1H3,(H,21,22,23)(H,24,25,26)(H,17,18,19,20). The molecule has 0 aliphatic carbocycles. The highest BCUT2D eigenvalue weighted by Gasteiger charge is 2.12. The molecule has 0 saturated heterocycles. The molecule has 4 N–H and O–H groups in total. The fourth-order valence-corrected chi connectivity index (χ4v) is 4.11. The molecule has 0 amide bonds. The lowest BCUT2D eigenvalue weighted by Crippen LogP contribution is -2.16. The second kappa shape index (κ2) is 10.3. The normalized spacial score (nSPS) is 12.1. The first-order valence-electron chi connectivity index (χ1n) is 8.45. The molecule has 2 aromatic rings. The number of aromatic nitrogens is 3. The van der Waals surface area contributed by atoms with Gasteiger partial charge in [-0.1, -0.05) is 24.8 Å². The third-order valence-electron chi connectivity index (χ3n) is 3.36. The zero-order valence-electron chi connectivity index (χ0n) is 15.4. The molecule has 1 aromatic carbocycles. The van der Waals surface area contributed by atoms with Crippen molar-refractivity contribution in [3.63, 3.8) is 0 Å². The zero-order valence-corrected chi connectivity index (χ0v) is 17.9.